The van der Waals surface area contributed by atoms with Gasteiger partial charge in [-0.15, -0.1) is 0 Å². The van der Waals surface area contributed by atoms with Gasteiger partial charge in [-0.2, -0.15) is 0 Å². The summed E-state index contributed by atoms with van der Waals surface area (Å²) in [6.07, 6.45) is 1.02. The molecule has 1 nitrogen and oxygen atoms in total. The first-order valence-electron chi connectivity index (χ1n) is 6.84. The van der Waals surface area contributed by atoms with Crippen molar-refractivity contribution >= 4 is 15.9 Å². The molecule has 0 aliphatic heterocycles. The molecule has 0 heterocycles. The van der Waals surface area contributed by atoms with Crippen molar-refractivity contribution in [3.8, 4) is 0 Å². The van der Waals surface area contributed by atoms with Crippen LogP contribution in [0.2, 0.25) is 0 Å². The van der Waals surface area contributed by atoms with Crippen molar-refractivity contribution in [1.82, 2.24) is 5.32 Å². The van der Waals surface area contributed by atoms with Crippen LogP contribution in [0.25, 0.3) is 0 Å². The van der Waals surface area contributed by atoms with Crippen molar-refractivity contribution in [3.05, 3.63) is 69.4 Å². The van der Waals surface area contributed by atoms with Gasteiger partial charge in [0, 0.05) is 17.1 Å². The minimum atomic E-state index is -0.145. The second-order valence-corrected chi connectivity index (χ2v) is 5.89. The maximum absolute atomic E-state index is 13.2. The Bertz CT molecular complexity index is 566. The predicted molar refractivity (Wildman–Crippen MR) is 85.2 cm³/mol. The lowest BCUT2D eigenvalue weighted by atomic mass is 10.0. The van der Waals surface area contributed by atoms with Gasteiger partial charge in [0.2, 0.25) is 0 Å². The van der Waals surface area contributed by atoms with Gasteiger partial charge in [-0.05, 0) is 48.2 Å². The van der Waals surface area contributed by atoms with E-state index in [0.29, 0.717) is 11.6 Å². The maximum Gasteiger partial charge on any atom is 0.126 e. The smallest absolute Gasteiger partial charge is 0.126 e. The van der Waals surface area contributed by atoms with Gasteiger partial charge >= 0.3 is 0 Å². The highest BCUT2D eigenvalue weighted by Crippen LogP contribution is 2.20. The molecular formula is C17H19BrFN. The minimum Gasteiger partial charge on any atom is -0.306 e. The fourth-order valence-electron chi connectivity index (χ4n) is 2.25. The SMILES string of the molecule is CCC(NCc1ccc(F)c(C)c1)c1ccc(Br)cc1. The van der Waals surface area contributed by atoms with Crippen molar-refractivity contribution in [2.24, 2.45) is 0 Å². The second-order valence-electron chi connectivity index (χ2n) is 4.98. The van der Waals surface area contributed by atoms with E-state index in [1.54, 1.807) is 6.92 Å². The number of hydrogen-bond acceptors (Lipinski definition) is 1. The Morgan fingerprint density at radius 1 is 1.15 bits per heavy atom. The molecule has 2 rings (SSSR count). The first kappa shape index (κ1) is 15.2. The topological polar surface area (TPSA) is 12.0 Å². The van der Waals surface area contributed by atoms with Crippen LogP contribution in [0.1, 0.15) is 36.1 Å². The van der Waals surface area contributed by atoms with Gasteiger partial charge in [0.25, 0.3) is 0 Å². The van der Waals surface area contributed by atoms with Crippen LogP contribution in [-0.2, 0) is 6.54 Å². The molecule has 1 unspecified atom stereocenters. The van der Waals surface area contributed by atoms with E-state index in [1.165, 1.54) is 11.6 Å². The van der Waals surface area contributed by atoms with E-state index in [-0.39, 0.29) is 5.82 Å². The molecule has 0 aliphatic rings. The summed E-state index contributed by atoms with van der Waals surface area (Å²) < 4.78 is 14.3. The molecule has 1 N–H and O–H groups in total. The highest BCUT2D eigenvalue weighted by atomic mass is 79.9. The summed E-state index contributed by atoms with van der Waals surface area (Å²) >= 11 is 3.45. The van der Waals surface area contributed by atoms with E-state index in [4.69, 9.17) is 0 Å². The Hall–Kier alpha value is -1.19. The lowest BCUT2D eigenvalue weighted by Crippen LogP contribution is -2.20. The zero-order chi connectivity index (χ0) is 14.5. The second kappa shape index (κ2) is 7.00. The monoisotopic (exact) mass is 335 g/mol. The fourth-order valence-corrected chi connectivity index (χ4v) is 2.52. The summed E-state index contributed by atoms with van der Waals surface area (Å²) in [5, 5.41) is 3.53. The molecule has 0 bridgehead atoms. The lowest BCUT2D eigenvalue weighted by Gasteiger charge is -2.18. The quantitative estimate of drug-likeness (QED) is 0.797. The fraction of sp³-hybridized carbons (Fsp3) is 0.294. The Morgan fingerprint density at radius 3 is 2.45 bits per heavy atom. The summed E-state index contributed by atoms with van der Waals surface area (Å²) in [6.45, 7) is 4.70. The molecule has 20 heavy (non-hydrogen) atoms. The van der Waals surface area contributed by atoms with Crippen molar-refractivity contribution in [2.45, 2.75) is 32.9 Å². The molecule has 0 aromatic heterocycles. The number of rotatable bonds is 5. The standard InChI is InChI=1S/C17H19BrFN/c1-3-17(14-5-7-15(18)8-6-14)20-11-13-4-9-16(19)12(2)10-13/h4-10,17,20H,3,11H2,1-2H3. The zero-order valence-corrected chi connectivity index (χ0v) is 13.4. The number of halogens is 2. The zero-order valence-electron chi connectivity index (χ0n) is 11.8. The summed E-state index contributed by atoms with van der Waals surface area (Å²) in [5.41, 5.74) is 3.08. The number of nitrogens with one attached hydrogen (secondary N) is 1. The van der Waals surface area contributed by atoms with Gasteiger partial charge in [0.15, 0.2) is 0 Å². The molecule has 106 valence electrons. The summed E-state index contributed by atoms with van der Waals surface area (Å²) in [6, 6.07) is 14.0. The van der Waals surface area contributed by atoms with Crippen molar-refractivity contribution in [1.29, 1.82) is 0 Å². The van der Waals surface area contributed by atoms with Gasteiger partial charge in [0.1, 0.15) is 5.82 Å². The van der Waals surface area contributed by atoms with Crippen molar-refractivity contribution in [2.75, 3.05) is 0 Å². The molecule has 0 aliphatic carbocycles. The molecule has 0 amide bonds. The third-order valence-corrected chi connectivity index (χ3v) is 3.98. The maximum atomic E-state index is 13.2. The Labute approximate surface area is 128 Å². The van der Waals surface area contributed by atoms with Crippen LogP contribution in [0, 0.1) is 12.7 Å². The van der Waals surface area contributed by atoms with Crippen LogP contribution in [0.4, 0.5) is 4.39 Å². The van der Waals surface area contributed by atoms with Crippen LogP contribution in [0.5, 0.6) is 0 Å². The first-order valence-corrected chi connectivity index (χ1v) is 7.63. The van der Waals surface area contributed by atoms with Gasteiger partial charge in [-0.1, -0.05) is 47.1 Å². The van der Waals surface area contributed by atoms with Crippen LogP contribution in [0.3, 0.4) is 0 Å². The third kappa shape index (κ3) is 3.90. The predicted octanol–water partition coefficient (Wildman–Crippen LogP) is 5.14. The molecule has 0 saturated heterocycles. The molecule has 1 atom stereocenters. The van der Waals surface area contributed by atoms with Gasteiger partial charge in [-0.25, -0.2) is 4.39 Å². The third-order valence-electron chi connectivity index (χ3n) is 3.46. The Balaban J connectivity index is 2.03. The summed E-state index contributed by atoms with van der Waals surface area (Å²) in [5.74, 6) is -0.145. The first-order chi connectivity index (χ1) is 9.60. The molecule has 2 aromatic carbocycles. The van der Waals surface area contributed by atoms with Crippen LogP contribution in [-0.4, -0.2) is 0 Å². The van der Waals surface area contributed by atoms with E-state index in [1.807, 2.05) is 12.1 Å². The average molecular weight is 336 g/mol. The highest BCUT2D eigenvalue weighted by Gasteiger charge is 2.09. The van der Waals surface area contributed by atoms with Gasteiger partial charge < -0.3 is 5.32 Å². The van der Waals surface area contributed by atoms with Crippen molar-refractivity contribution in [3.63, 3.8) is 0 Å². The van der Waals surface area contributed by atoms with E-state index in [2.05, 4.69) is 52.4 Å². The van der Waals surface area contributed by atoms with E-state index < -0.39 is 0 Å². The molecule has 0 saturated carbocycles. The lowest BCUT2D eigenvalue weighted by molar-refractivity contribution is 0.518. The molecule has 0 fully saturated rings. The van der Waals surface area contributed by atoms with Gasteiger partial charge in [-0.3, -0.25) is 0 Å². The van der Waals surface area contributed by atoms with Gasteiger partial charge in [0.05, 0.1) is 0 Å². The highest BCUT2D eigenvalue weighted by molar-refractivity contribution is 9.10. The molecule has 0 radical (unpaired) electrons. The minimum absolute atomic E-state index is 0.145. The van der Waals surface area contributed by atoms with Crippen LogP contribution in [0.15, 0.2) is 46.9 Å². The molecular weight excluding hydrogens is 317 g/mol. The van der Waals surface area contributed by atoms with Crippen molar-refractivity contribution < 1.29 is 4.39 Å². The number of hydrogen-bond donors (Lipinski definition) is 1. The Kier molecular flexibility index (Phi) is 5.32. The largest absolute Gasteiger partial charge is 0.306 e. The molecule has 2 aromatic rings. The normalized spacial score (nSPS) is 12.4. The van der Waals surface area contributed by atoms with Crippen LogP contribution < -0.4 is 5.32 Å². The molecule has 3 heteroatoms. The number of benzene rings is 2. The Morgan fingerprint density at radius 2 is 1.85 bits per heavy atom. The summed E-state index contributed by atoms with van der Waals surface area (Å²) in [4.78, 5) is 0. The van der Waals surface area contributed by atoms with E-state index in [0.717, 1.165) is 23.0 Å². The summed E-state index contributed by atoms with van der Waals surface area (Å²) in [7, 11) is 0. The molecule has 0 spiro atoms. The van der Waals surface area contributed by atoms with E-state index in [9.17, 15) is 4.39 Å². The number of aryl methyl sites for hydroxylation is 1. The van der Waals surface area contributed by atoms with E-state index >= 15 is 0 Å². The average Bonchev–Trinajstić information content (AvgIpc) is 2.45. The van der Waals surface area contributed by atoms with Crippen LogP contribution >= 0.6 is 15.9 Å².